The predicted molar refractivity (Wildman–Crippen MR) is 123 cm³/mol. The fourth-order valence-corrected chi connectivity index (χ4v) is 4.34. The van der Waals surface area contributed by atoms with Crippen molar-refractivity contribution >= 4 is 44.7 Å². The Bertz CT molecular complexity index is 873. The van der Waals surface area contributed by atoms with E-state index in [2.05, 4.69) is 18.7 Å². The maximum atomic E-state index is 11.3. The third-order valence-electron chi connectivity index (χ3n) is 5.40. The molecular weight excluding hydrogens is 389 g/mol. The van der Waals surface area contributed by atoms with Gasteiger partial charge in [-0.25, -0.2) is 0 Å². The second-order valence-corrected chi connectivity index (χ2v) is 8.30. The van der Waals surface area contributed by atoms with Gasteiger partial charge in [-0.05, 0) is 60.5 Å². The van der Waals surface area contributed by atoms with Gasteiger partial charge in [-0.1, -0.05) is 74.2 Å². The van der Waals surface area contributed by atoms with E-state index in [0.29, 0.717) is 16.6 Å². The molecule has 0 saturated heterocycles. The van der Waals surface area contributed by atoms with Crippen LogP contribution in [0.15, 0.2) is 42.5 Å². The van der Waals surface area contributed by atoms with Crippen LogP contribution in [-0.4, -0.2) is 29.6 Å². The van der Waals surface area contributed by atoms with Gasteiger partial charge in [0.1, 0.15) is 0 Å². The lowest BCUT2D eigenvalue weighted by molar-refractivity contribution is 0.113. The largest absolute Gasteiger partial charge is 0.387 e. The minimum absolute atomic E-state index is 0.600. The number of rotatable bonds is 9. The minimum atomic E-state index is -0.600. The zero-order valence-corrected chi connectivity index (χ0v) is 18.2. The fraction of sp³-hybridized carbons (Fsp3) is 0.417. The third-order valence-corrected chi connectivity index (χ3v) is 6.05. The number of hydrogen-bond acceptors (Lipinski definition) is 2. The molecule has 0 heterocycles. The molecule has 4 heteroatoms. The third kappa shape index (κ3) is 4.63. The van der Waals surface area contributed by atoms with Crippen LogP contribution in [0, 0.1) is 0 Å². The van der Waals surface area contributed by atoms with E-state index in [-0.39, 0.29) is 0 Å². The van der Waals surface area contributed by atoms with Crippen LogP contribution in [0.25, 0.3) is 21.5 Å². The number of nitrogens with zero attached hydrogens (tertiary/aromatic N) is 1. The summed E-state index contributed by atoms with van der Waals surface area (Å²) in [6, 6.07) is 13.8. The first kappa shape index (κ1) is 21.4. The molecule has 3 aromatic carbocycles. The first-order valence-electron chi connectivity index (χ1n) is 10.3. The van der Waals surface area contributed by atoms with Crippen LogP contribution in [0.5, 0.6) is 0 Å². The SMILES string of the molecule is CCCCN(CCCC)C[C@H](O)c1c2cccc(Cl)c2cc2c(Cl)cccc12. The summed E-state index contributed by atoms with van der Waals surface area (Å²) in [6.07, 6.45) is 3.99. The Kier molecular flexibility index (Phi) is 7.59. The highest BCUT2D eigenvalue weighted by Gasteiger charge is 2.20. The normalized spacial score (nSPS) is 12.9. The van der Waals surface area contributed by atoms with Gasteiger partial charge in [0.15, 0.2) is 0 Å². The molecule has 0 spiro atoms. The summed E-state index contributed by atoms with van der Waals surface area (Å²) < 4.78 is 0. The number of aliphatic hydroxyl groups is 1. The van der Waals surface area contributed by atoms with Gasteiger partial charge >= 0.3 is 0 Å². The van der Waals surface area contributed by atoms with E-state index in [4.69, 9.17) is 23.2 Å². The predicted octanol–water partition coefficient (Wildman–Crippen LogP) is 7.24. The van der Waals surface area contributed by atoms with Crippen molar-refractivity contribution in [2.45, 2.75) is 45.6 Å². The van der Waals surface area contributed by atoms with Gasteiger partial charge < -0.3 is 10.0 Å². The van der Waals surface area contributed by atoms with E-state index < -0.39 is 6.10 Å². The summed E-state index contributed by atoms with van der Waals surface area (Å²) in [5.41, 5.74) is 0.926. The minimum Gasteiger partial charge on any atom is -0.387 e. The standard InChI is InChI=1S/C24H29Cl2NO/c1-3-5-13-27(14-6-4-2)16-23(28)24-17-9-7-11-21(25)19(17)15-20-18(24)10-8-12-22(20)26/h7-12,15,23,28H,3-6,13-14,16H2,1-2H3/t23-/m0/s1. The summed E-state index contributed by atoms with van der Waals surface area (Å²) in [5.74, 6) is 0. The van der Waals surface area contributed by atoms with Crippen LogP contribution in [-0.2, 0) is 0 Å². The molecule has 0 saturated carbocycles. The Balaban J connectivity index is 2.08. The molecule has 150 valence electrons. The summed E-state index contributed by atoms with van der Waals surface area (Å²) in [7, 11) is 0. The summed E-state index contributed by atoms with van der Waals surface area (Å²) in [6.45, 7) is 7.05. The molecule has 0 aliphatic carbocycles. The maximum absolute atomic E-state index is 11.3. The lowest BCUT2D eigenvalue weighted by Crippen LogP contribution is -2.31. The maximum Gasteiger partial charge on any atom is 0.0928 e. The summed E-state index contributed by atoms with van der Waals surface area (Å²) >= 11 is 13.0. The molecule has 2 nitrogen and oxygen atoms in total. The summed E-state index contributed by atoms with van der Waals surface area (Å²) in [5, 5.41) is 16.6. The highest BCUT2D eigenvalue weighted by atomic mass is 35.5. The van der Waals surface area contributed by atoms with Gasteiger partial charge in [0.25, 0.3) is 0 Å². The van der Waals surface area contributed by atoms with Crippen LogP contribution in [0.2, 0.25) is 10.0 Å². The Morgan fingerprint density at radius 2 is 1.32 bits per heavy atom. The highest BCUT2D eigenvalue weighted by molar-refractivity contribution is 6.38. The number of benzene rings is 3. The van der Waals surface area contributed by atoms with Crippen LogP contribution in [0.4, 0.5) is 0 Å². The van der Waals surface area contributed by atoms with Crippen molar-refractivity contribution in [1.29, 1.82) is 0 Å². The Morgan fingerprint density at radius 3 is 1.79 bits per heavy atom. The van der Waals surface area contributed by atoms with Gasteiger partial charge in [-0.15, -0.1) is 0 Å². The summed E-state index contributed by atoms with van der Waals surface area (Å²) in [4.78, 5) is 2.39. The van der Waals surface area contributed by atoms with Crippen LogP contribution in [0.1, 0.15) is 51.2 Å². The van der Waals surface area contributed by atoms with E-state index in [0.717, 1.165) is 65.9 Å². The van der Waals surface area contributed by atoms with Crippen molar-refractivity contribution in [3.8, 4) is 0 Å². The molecule has 0 unspecified atom stereocenters. The van der Waals surface area contributed by atoms with Crippen molar-refractivity contribution in [1.82, 2.24) is 4.90 Å². The molecule has 3 aromatic rings. The molecule has 0 bridgehead atoms. The quantitative estimate of drug-likeness (QED) is 0.370. The Hall–Kier alpha value is -1.32. The number of aliphatic hydroxyl groups excluding tert-OH is 1. The molecule has 1 atom stereocenters. The van der Waals surface area contributed by atoms with Gasteiger partial charge in [0.2, 0.25) is 0 Å². The molecule has 0 amide bonds. The number of halogens is 2. The molecule has 1 N–H and O–H groups in total. The van der Waals surface area contributed by atoms with Crippen molar-refractivity contribution in [3.05, 3.63) is 58.1 Å². The lowest BCUT2D eigenvalue weighted by Gasteiger charge is -2.26. The van der Waals surface area contributed by atoms with Gasteiger partial charge in [-0.3, -0.25) is 0 Å². The van der Waals surface area contributed by atoms with E-state index in [1.54, 1.807) is 0 Å². The molecule has 28 heavy (non-hydrogen) atoms. The number of fused-ring (bicyclic) bond motifs is 2. The first-order valence-corrected chi connectivity index (χ1v) is 11.0. The van der Waals surface area contributed by atoms with Gasteiger partial charge in [-0.2, -0.15) is 0 Å². The Morgan fingerprint density at radius 1 is 0.821 bits per heavy atom. The number of hydrogen-bond donors (Lipinski definition) is 1. The fourth-order valence-electron chi connectivity index (χ4n) is 3.88. The van der Waals surface area contributed by atoms with Gasteiger partial charge in [0, 0.05) is 27.4 Å². The van der Waals surface area contributed by atoms with Crippen molar-refractivity contribution in [2.75, 3.05) is 19.6 Å². The smallest absolute Gasteiger partial charge is 0.0928 e. The van der Waals surface area contributed by atoms with Crippen molar-refractivity contribution in [2.24, 2.45) is 0 Å². The zero-order chi connectivity index (χ0) is 20.1. The second-order valence-electron chi connectivity index (χ2n) is 7.48. The molecule has 0 fully saturated rings. The average molecular weight is 418 g/mol. The molecular formula is C24H29Cl2NO. The van der Waals surface area contributed by atoms with Crippen molar-refractivity contribution < 1.29 is 5.11 Å². The van der Waals surface area contributed by atoms with Crippen LogP contribution >= 0.6 is 23.2 Å². The van der Waals surface area contributed by atoms with E-state index in [1.807, 2.05) is 42.5 Å². The molecule has 0 aliphatic heterocycles. The topological polar surface area (TPSA) is 23.5 Å². The van der Waals surface area contributed by atoms with Gasteiger partial charge in [0.05, 0.1) is 6.10 Å². The van der Waals surface area contributed by atoms with Crippen LogP contribution in [0.3, 0.4) is 0 Å². The second kappa shape index (κ2) is 9.93. The van der Waals surface area contributed by atoms with E-state index >= 15 is 0 Å². The van der Waals surface area contributed by atoms with Crippen molar-refractivity contribution in [3.63, 3.8) is 0 Å². The average Bonchev–Trinajstić information content (AvgIpc) is 2.69. The van der Waals surface area contributed by atoms with Crippen LogP contribution < -0.4 is 0 Å². The molecule has 3 rings (SSSR count). The molecule has 0 aliphatic rings. The Labute approximate surface area is 178 Å². The first-order chi connectivity index (χ1) is 13.6. The lowest BCUT2D eigenvalue weighted by atomic mass is 9.93. The monoisotopic (exact) mass is 417 g/mol. The highest BCUT2D eigenvalue weighted by Crippen LogP contribution is 2.38. The van der Waals surface area contributed by atoms with E-state index in [9.17, 15) is 5.11 Å². The zero-order valence-electron chi connectivity index (χ0n) is 16.7. The van der Waals surface area contributed by atoms with E-state index in [1.165, 1.54) is 0 Å². The molecule has 0 radical (unpaired) electrons. The number of unbranched alkanes of at least 4 members (excludes halogenated alkanes) is 2. The molecule has 0 aromatic heterocycles.